The number of sulfone groups is 1. The number of benzene rings is 1. The SMILES string of the molecule is CCS(=O)(=O)c1cccc(S(=O)(=O)NCCNC2CCCCCC2)c1. The van der Waals surface area contributed by atoms with Gasteiger partial charge in [-0.3, -0.25) is 0 Å². The van der Waals surface area contributed by atoms with Crippen LogP contribution < -0.4 is 10.0 Å². The molecule has 0 aliphatic heterocycles. The molecule has 0 heterocycles. The van der Waals surface area contributed by atoms with E-state index in [4.69, 9.17) is 0 Å². The molecule has 0 aromatic heterocycles. The highest BCUT2D eigenvalue weighted by Gasteiger charge is 2.18. The number of nitrogens with one attached hydrogen (secondary N) is 2. The summed E-state index contributed by atoms with van der Waals surface area (Å²) in [7, 11) is -7.14. The zero-order chi connectivity index (χ0) is 18.3. The van der Waals surface area contributed by atoms with Gasteiger partial charge < -0.3 is 5.32 Å². The van der Waals surface area contributed by atoms with Gasteiger partial charge in [-0.1, -0.05) is 38.7 Å². The fourth-order valence-electron chi connectivity index (χ4n) is 3.03. The van der Waals surface area contributed by atoms with Crippen molar-refractivity contribution in [3.63, 3.8) is 0 Å². The smallest absolute Gasteiger partial charge is 0.240 e. The number of rotatable bonds is 8. The molecule has 6 nitrogen and oxygen atoms in total. The van der Waals surface area contributed by atoms with Gasteiger partial charge in [0.15, 0.2) is 9.84 Å². The van der Waals surface area contributed by atoms with Crippen LogP contribution in [0.2, 0.25) is 0 Å². The number of hydrogen-bond donors (Lipinski definition) is 2. The number of hydrogen-bond acceptors (Lipinski definition) is 5. The van der Waals surface area contributed by atoms with Crippen molar-refractivity contribution in [2.24, 2.45) is 0 Å². The van der Waals surface area contributed by atoms with Crippen LogP contribution in [-0.4, -0.2) is 41.7 Å². The summed E-state index contributed by atoms with van der Waals surface area (Å²) in [5.74, 6) is -0.0603. The monoisotopic (exact) mass is 388 g/mol. The van der Waals surface area contributed by atoms with Gasteiger partial charge in [0.2, 0.25) is 10.0 Å². The van der Waals surface area contributed by atoms with Crippen molar-refractivity contribution in [3.8, 4) is 0 Å². The second-order valence-electron chi connectivity index (χ2n) is 6.42. The van der Waals surface area contributed by atoms with Crippen molar-refractivity contribution in [2.75, 3.05) is 18.8 Å². The van der Waals surface area contributed by atoms with Crippen molar-refractivity contribution in [1.29, 1.82) is 0 Å². The van der Waals surface area contributed by atoms with Gasteiger partial charge in [0, 0.05) is 19.1 Å². The highest BCUT2D eigenvalue weighted by molar-refractivity contribution is 7.91. The van der Waals surface area contributed by atoms with Crippen LogP contribution in [0.4, 0.5) is 0 Å². The molecule has 0 unspecified atom stereocenters. The maximum Gasteiger partial charge on any atom is 0.240 e. The van der Waals surface area contributed by atoms with Gasteiger partial charge in [-0.15, -0.1) is 0 Å². The Labute approximate surface area is 151 Å². The van der Waals surface area contributed by atoms with Crippen LogP contribution in [0.5, 0.6) is 0 Å². The molecule has 1 aliphatic rings. The first-order valence-corrected chi connectivity index (χ1v) is 12.0. The molecular weight excluding hydrogens is 360 g/mol. The van der Waals surface area contributed by atoms with Gasteiger partial charge >= 0.3 is 0 Å². The Morgan fingerprint density at radius 2 is 1.60 bits per heavy atom. The first kappa shape index (κ1) is 20.4. The molecule has 0 saturated heterocycles. The molecule has 142 valence electrons. The predicted molar refractivity (Wildman–Crippen MR) is 98.9 cm³/mol. The fraction of sp³-hybridized carbons (Fsp3) is 0.647. The lowest BCUT2D eigenvalue weighted by molar-refractivity contribution is 0.461. The lowest BCUT2D eigenvalue weighted by Crippen LogP contribution is -2.36. The fourth-order valence-corrected chi connectivity index (χ4v) is 5.11. The molecule has 0 amide bonds. The first-order chi connectivity index (χ1) is 11.8. The van der Waals surface area contributed by atoms with Crippen molar-refractivity contribution in [2.45, 2.75) is 61.3 Å². The summed E-state index contributed by atoms with van der Waals surface area (Å²) < 4.78 is 51.1. The summed E-state index contributed by atoms with van der Waals surface area (Å²) in [6.45, 7) is 2.38. The lowest BCUT2D eigenvalue weighted by atomic mass is 10.1. The van der Waals surface area contributed by atoms with Gasteiger partial charge in [-0.25, -0.2) is 21.6 Å². The van der Waals surface area contributed by atoms with E-state index in [1.54, 1.807) is 0 Å². The first-order valence-electron chi connectivity index (χ1n) is 8.91. The Kier molecular flexibility index (Phi) is 7.42. The van der Waals surface area contributed by atoms with Crippen LogP contribution in [0.3, 0.4) is 0 Å². The van der Waals surface area contributed by atoms with E-state index in [2.05, 4.69) is 10.0 Å². The largest absolute Gasteiger partial charge is 0.313 e. The van der Waals surface area contributed by atoms with Gasteiger partial charge in [-0.05, 0) is 31.0 Å². The minimum Gasteiger partial charge on any atom is -0.313 e. The molecule has 1 aromatic carbocycles. The highest BCUT2D eigenvalue weighted by atomic mass is 32.2. The minimum atomic E-state index is -3.72. The van der Waals surface area contributed by atoms with Gasteiger partial charge in [-0.2, -0.15) is 0 Å². The second-order valence-corrected chi connectivity index (χ2v) is 10.5. The Hall–Kier alpha value is -0.960. The Morgan fingerprint density at radius 3 is 2.24 bits per heavy atom. The molecular formula is C17H28N2O4S2. The molecule has 1 aliphatic carbocycles. The van der Waals surface area contributed by atoms with E-state index >= 15 is 0 Å². The molecule has 1 saturated carbocycles. The molecule has 0 atom stereocenters. The normalized spacial score (nSPS) is 17.3. The molecule has 2 rings (SSSR count). The molecule has 0 bridgehead atoms. The topological polar surface area (TPSA) is 92.3 Å². The molecule has 8 heteroatoms. The van der Waals surface area contributed by atoms with E-state index in [-0.39, 0.29) is 22.1 Å². The molecule has 25 heavy (non-hydrogen) atoms. The van der Waals surface area contributed by atoms with Crippen LogP contribution in [0.1, 0.15) is 45.4 Å². The zero-order valence-corrected chi connectivity index (χ0v) is 16.3. The van der Waals surface area contributed by atoms with E-state index < -0.39 is 19.9 Å². The summed E-state index contributed by atoms with van der Waals surface area (Å²) in [4.78, 5) is 0.0194. The third kappa shape index (κ3) is 6.06. The molecule has 0 spiro atoms. The standard InChI is InChI=1S/C17H28N2O4S2/c1-2-24(20,21)16-10-7-11-17(14-16)25(22,23)19-13-12-18-15-8-5-3-4-6-9-15/h7,10-11,14-15,18-19H,2-6,8-9,12-13H2,1H3. The maximum atomic E-state index is 12.4. The average molecular weight is 389 g/mol. The quantitative estimate of drug-likeness (QED) is 0.525. The second kappa shape index (κ2) is 9.12. The van der Waals surface area contributed by atoms with Gasteiger partial charge in [0.05, 0.1) is 15.5 Å². The van der Waals surface area contributed by atoms with E-state index in [1.165, 1.54) is 56.9 Å². The van der Waals surface area contributed by atoms with Crippen molar-refractivity contribution >= 4 is 19.9 Å². The summed E-state index contributed by atoms with van der Waals surface area (Å²) in [5, 5.41) is 3.41. The van der Waals surface area contributed by atoms with Crippen molar-refractivity contribution in [1.82, 2.24) is 10.0 Å². The van der Waals surface area contributed by atoms with Crippen LogP contribution >= 0.6 is 0 Å². The van der Waals surface area contributed by atoms with Crippen LogP contribution in [-0.2, 0) is 19.9 Å². The molecule has 0 radical (unpaired) electrons. The Morgan fingerprint density at radius 1 is 0.960 bits per heavy atom. The summed E-state index contributed by atoms with van der Waals surface area (Å²) in [5.41, 5.74) is 0. The predicted octanol–water partition coefficient (Wildman–Crippen LogP) is 2.07. The molecule has 1 aromatic rings. The summed E-state index contributed by atoms with van der Waals surface area (Å²) in [6.07, 6.45) is 7.29. The van der Waals surface area contributed by atoms with E-state index in [9.17, 15) is 16.8 Å². The average Bonchev–Trinajstić information content (AvgIpc) is 2.88. The third-order valence-electron chi connectivity index (χ3n) is 4.56. The van der Waals surface area contributed by atoms with Crippen LogP contribution in [0, 0.1) is 0 Å². The zero-order valence-electron chi connectivity index (χ0n) is 14.7. The lowest BCUT2D eigenvalue weighted by Gasteiger charge is -2.16. The van der Waals surface area contributed by atoms with E-state index in [0.29, 0.717) is 12.6 Å². The third-order valence-corrected chi connectivity index (χ3v) is 7.75. The van der Waals surface area contributed by atoms with Crippen molar-refractivity contribution < 1.29 is 16.8 Å². The Bertz CT molecular complexity index is 753. The van der Waals surface area contributed by atoms with Crippen molar-refractivity contribution in [3.05, 3.63) is 24.3 Å². The molecule has 2 N–H and O–H groups in total. The summed E-state index contributed by atoms with van der Waals surface area (Å²) in [6, 6.07) is 5.98. The van der Waals surface area contributed by atoms with E-state index in [1.807, 2.05) is 0 Å². The maximum absolute atomic E-state index is 12.4. The minimum absolute atomic E-state index is 0.0171. The summed E-state index contributed by atoms with van der Waals surface area (Å²) >= 11 is 0. The number of sulfonamides is 1. The van der Waals surface area contributed by atoms with Gasteiger partial charge in [0.1, 0.15) is 0 Å². The Balaban J connectivity index is 1.92. The van der Waals surface area contributed by atoms with Crippen LogP contribution in [0.15, 0.2) is 34.1 Å². The molecule has 1 fully saturated rings. The van der Waals surface area contributed by atoms with Gasteiger partial charge in [0.25, 0.3) is 0 Å². The van der Waals surface area contributed by atoms with E-state index in [0.717, 1.165) is 12.8 Å². The highest BCUT2D eigenvalue weighted by Crippen LogP contribution is 2.18. The van der Waals surface area contributed by atoms with Crippen LogP contribution in [0.25, 0.3) is 0 Å².